The molecule has 17 heavy (non-hydrogen) atoms. The summed E-state index contributed by atoms with van der Waals surface area (Å²) in [4.78, 5) is 4.69. The molecule has 90 valence electrons. The summed E-state index contributed by atoms with van der Waals surface area (Å²) in [5.41, 5.74) is 7.63. The van der Waals surface area contributed by atoms with Crippen molar-refractivity contribution in [1.29, 1.82) is 0 Å². The van der Waals surface area contributed by atoms with Crippen LogP contribution >= 0.6 is 11.5 Å². The molecule has 2 rings (SSSR count). The zero-order valence-electron chi connectivity index (χ0n) is 9.43. The number of rotatable bonds is 4. The van der Waals surface area contributed by atoms with E-state index in [1.807, 2.05) is 0 Å². The minimum atomic E-state index is -0.403. The van der Waals surface area contributed by atoms with Crippen molar-refractivity contribution in [3.8, 4) is 0 Å². The lowest BCUT2D eigenvalue weighted by atomic mass is 10.1. The maximum Gasteiger partial charge on any atom is 0.141 e. The lowest BCUT2D eigenvalue weighted by molar-refractivity contribution is 0.616. The molecule has 2 aromatic heterocycles. The molecule has 0 aromatic carbocycles. The maximum absolute atomic E-state index is 13.1. The largest absolute Gasteiger partial charge is 0.319 e. The van der Waals surface area contributed by atoms with Crippen LogP contribution in [0.25, 0.3) is 0 Å². The van der Waals surface area contributed by atoms with Gasteiger partial charge in [0.2, 0.25) is 0 Å². The highest BCUT2D eigenvalue weighted by Crippen LogP contribution is 2.25. The van der Waals surface area contributed by atoms with Crippen molar-refractivity contribution in [2.75, 3.05) is 0 Å². The normalized spacial score (nSPS) is 12.6. The predicted molar refractivity (Wildman–Crippen MR) is 64.1 cm³/mol. The molecular formula is C11H13FN4S. The Morgan fingerprint density at radius 1 is 1.47 bits per heavy atom. The second kappa shape index (κ2) is 5.29. The first kappa shape index (κ1) is 12.1. The van der Waals surface area contributed by atoms with Gasteiger partial charge >= 0.3 is 0 Å². The highest BCUT2D eigenvalue weighted by Gasteiger charge is 2.17. The van der Waals surface area contributed by atoms with Crippen LogP contribution < -0.4 is 5.73 Å². The molecular weight excluding hydrogens is 239 g/mol. The van der Waals surface area contributed by atoms with Gasteiger partial charge < -0.3 is 5.73 Å². The van der Waals surface area contributed by atoms with Gasteiger partial charge in [0.25, 0.3) is 0 Å². The van der Waals surface area contributed by atoms with Crippen molar-refractivity contribution in [2.24, 2.45) is 5.73 Å². The van der Waals surface area contributed by atoms with Crippen molar-refractivity contribution in [2.45, 2.75) is 25.8 Å². The lowest BCUT2D eigenvalue weighted by Crippen LogP contribution is -2.13. The number of nitrogens with zero attached hydrogens (tertiary/aromatic N) is 3. The summed E-state index contributed by atoms with van der Waals surface area (Å²) in [6, 6.07) is 0.993. The first-order valence-corrected chi connectivity index (χ1v) is 6.17. The lowest BCUT2D eigenvalue weighted by Gasteiger charge is -2.10. The van der Waals surface area contributed by atoms with Crippen LogP contribution in [0.4, 0.5) is 4.39 Å². The van der Waals surface area contributed by atoms with Crippen molar-refractivity contribution >= 4 is 11.5 Å². The average Bonchev–Trinajstić information content (AvgIpc) is 2.77. The monoisotopic (exact) mass is 252 g/mol. The fourth-order valence-electron chi connectivity index (χ4n) is 1.61. The van der Waals surface area contributed by atoms with Crippen molar-refractivity contribution in [3.63, 3.8) is 0 Å². The van der Waals surface area contributed by atoms with Gasteiger partial charge in [-0.25, -0.2) is 4.39 Å². The zero-order valence-corrected chi connectivity index (χ0v) is 10.2. The van der Waals surface area contributed by atoms with E-state index in [9.17, 15) is 4.39 Å². The van der Waals surface area contributed by atoms with Crippen LogP contribution in [0.2, 0.25) is 0 Å². The van der Waals surface area contributed by atoms with Crippen molar-refractivity contribution in [1.82, 2.24) is 14.6 Å². The summed E-state index contributed by atoms with van der Waals surface area (Å²) in [5, 5.41) is 4.05. The smallest absolute Gasteiger partial charge is 0.141 e. The second-order valence-corrected chi connectivity index (χ2v) is 4.53. The summed E-state index contributed by atoms with van der Waals surface area (Å²) in [5.74, 6) is -0.382. The molecule has 0 aliphatic heterocycles. The molecule has 6 heteroatoms. The minimum Gasteiger partial charge on any atom is -0.319 e. The molecule has 2 aromatic rings. The average molecular weight is 252 g/mol. The Labute approximate surface area is 103 Å². The van der Waals surface area contributed by atoms with Crippen LogP contribution in [-0.2, 0) is 6.42 Å². The third kappa shape index (κ3) is 2.65. The molecule has 0 radical (unpaired) electrons. The SMILES string of the molecule is CCCc1nnsc1C(N)c1cncc(F)c1. The number of hydrogen-bond donors (Lipinski definition) is 1. The Morgan fingerprint density at radius 2 is 2.29 bits per heavy atom. The molecule has 0 aliphatic carbocycles. The van der Waals surface area contributed by atoms with Crippen molar-refractivity contribution < 1.29 is 4.39 Å². The highest BCUT2D eigenvalue weighted by molar-refractivity contribution is 7.05. The van der Waals surface area contributed by atoms with Crippen LogP contribution in [0.1, 0.15) is 35.5 Å². The van der Waals surface area contributed by atoms with E-state index in [2.05, 4.69) is 21.5 Å². The van der Waals surface area contributed by atoms with Gasteiger partial charge in [-0.3, -0.25) is 4.98 Å². The maximum atomic E-state index is 13.1. The Kier molecular flexibility index (Phi) is 3.75. The molecule has 2 heterocycles. The number of aryl methyl sites for hydroxylation is 1. The quantitative estimate of drug-likeness (QED) is 0.904. The van der Waals surface area contributed by atoms with Crippen LogP contribution in [0.3, 0.4) is 0 Å². The first-order chi connectivity index (χ1) is 8.22. The van der Waals surface area contributed by atoms with Crippen LogP contribution in [0.15, 0.2) is 18.5 Å². The number of halogens is 1. The summed E-state index contributed by atoms with van der Waals surface area (Å²) in [6.07, 6.45) is 4.55. The van der Waals surface area contributed by atoms with Gasteiger partial charge in [-0.2, -0.15) is 0 Å². The van der Waals surface area contributed by atoms with Gasteiger partial charge in [0, 0.05) is 6.20 Å². The van der Waals surface area contributed by atoms with E-state index in [-0.39, 0.29) is 5.82 Å². The molecule has 0 saturated carbocycles. The van der Waals surface area contributed by atoms with E-state index in [1.165, 1.54) is 17.6 Å². The highest BCUT2D eigenvalue weighted by atomic mass is 32.1. The molecule has 1 unspecified atom stereocenters. The molecule has 2 N–H and O–H groups in total. The summed E-state index contributed by atoms with van der Waals surface area (Å²) in [6.45, 7) is 2.07. The zero-order chi connectivity index (χ0) is 12.3. The standard InChI is InChI=1S/C11H13FN4S/c1-2-3-9-11(17-16-15-9)10(13)7-4-8(12)6-14-5-7/h4-6,10H,2-3,13H2,1H3. The number of aromatic nitrogens is 3. The van der Waals surface area contributed by atoms with Gasteiger partial charge in [-0.1, -0.05) is 17.8 Å². The van der Waals surface area contributed by atoms with E-state index >= 15 is 0 Å². The van der Waals surface area contributed by atoms with E-state index in [0.29, 0.717) is 5.56 Å². The van der Waals surface area contributed by atoms with E-state index < -0.39 is 6.04 Å². The molecule has 0 bridgehead atoms. The number of hydrogen-bond acceptors (Lipinski definition) is 5. The molecule has 0 fully saturated rings. The van der Waals surface area contributed by atoms with Crippen LogP contribution in [0, 0.1) is 5.82 Å². The van der Waals surface area contributed by atoms with Gasteiger partial charge in [-0.05, 0) is 29.6 Å². The molecule has 0 aliphatic rings. The summed E-state index contributed by atoms with van der Waals surface area (Å²) >= 11 is 1.26. The molecule has 1 atom stereocenters. The van der Waals surface area contributed by atoms with Gasteiger partial charge in [-0.15, -0.1) is 5.10 Å². The Bertz CT molecular complexity index is 500. The van der Waals surface area contributed by atoms with Gasteiger partial charge in [0.15, 0.2) is 0 Å². The molecule has 0 amide bonds. The summed E-state index contributed by atoms with van der Waals surface area (Å²) in [7, 11) is 0. The number of pyridine rings is 1. The van der Waals surface area contributed by atoms with E-state index in [1.54, 1.807) is 6.20 Å². The molecule has 0 spiro atoms. The van der Waals surface area contributed by atoms with Crippen LogP contribution in [-0.4, -0.2) is 14.6 Å². The fraction of sp³-hybridized carbons (Fsp3) is 0.364. The van der Waals surface area contributed by atoms with Crippen LogP contribution in [0.5, 0.6) is 0 Å². The Hall–Kier alpha value is -1.40. The second-order valence-electron chi connectivity index (χ2n) is 3.75. The molecule has 0 saturated heterocycles. The third-order valence-corrected chi connectivity index (χ3v) is 3.29. The van der Waals surface area contributed by atoms with Gasteiger partial charge in [0.05, 0.1) is 22.8 Å². The minimum absolute atomic E-state index is 0.382. The topological polar surface area (TPSA) is 64.7 Å². The van der Waals surface area contributed by atoms with E-state index in [4.69, 9.17) is 5.73 Å². The first-order valence-electron chi connectivity index (χ1n) is 5.39. The third-order valence-electron chi connectivity index (χ3n) is 2.44. The molecule has 4 nitrogen and oxygen atoms in total. The Morgan fingerprint density at radius 3 is 3.00 bits per heavy atom. The van der Waals surface area contributed by atoms with Gasteiger partial charge in [0.1, 0.15) is 5.82 Å². The number of nitrogens with two attached hydrogens (primary N) is 1. The summed E-state index contributed by atoms with van der Waals surface area (Å²) < 4.78 is 17.0. The fourth-order valence-corrected chi connectivity index (χ4v) is 2.34. The Balaban J connectivity index is 2.30. The van der Waals surface area contributed by atoms with E-state index in [0.717, 1.165) is 29.6 Å². The van der Waals surface area contributed by atoms with Crippen molar-refractivity contribution in [3.05, 3.63) is 40.4 Å². The predicted octanol–water partition coefficient (Wildman–Crippen LogP) is 2.07.